The number of ether oxygens (including phenoxy) is 3. The summed E-state index contributed by atoms with van der Waals surface area (Å²) in [5, 5.41) is 13.8. The van der Waals surface area contributed by atoms with E-state index in [4.69, 9.17) is 15.0 Å². The maximum atomic E-state index is 11.3. The van der Waals surface area contributed by atoms with Gasteiger partial charge in [0.2, 0.25) is 0 Å². The van der Waals surface area contributed by atoms with E-state index < -0.39 is 18.1 Å². The molecule has 1 aliphatic heterocycles. The number of halogens is 1. The van der Waals surface area contributed by atoms with Crippen molar-refractivity contribution in [1.82, 2.24) is 0 Å². The molecule has 0 bridgehead atoms. The zero-order valence-corrected chi connectivity index (χ0v) is 13.8. The Hall–Kier alpha value is -1.96. The van der Waals surface area contributed by atoms with Gasteiger partial charge in [0.05, 0.1) is 19.3 Å². The zero-order valence-electron chi connectivity index (χ0n) is 12.2. The minimum atomic E-state index is -0.743. The molecule has 9 heteroatoms. The van der Waals surface area contributed by atoms with Crippen LogP contribution in [0.2, 0.25) is 0 Å². The standard InChI is InChI=1S/C14H14BrN3O5/c1-21-11(20)5-22-10-3-6(15)2-7-12-9(23-14(7)10)4-8(19)13(12)17-18-16/h2-3,8-9,12-13,19H,4-5H2,1H3. The van der Waals surface area contributed by atoms with Crippen LogP contribution < -0.4 is 9.47 Å². The number of azide groups is 1. The highest BCUT2D eigenvalue weighted by Gasteiger charge is 2.50. The Labute approximate surface area is 140 Å². The average Bonchev–Trinajstić information content (AvgIpc) is 3.01. The van der Waals surface area contributed by atoms with Crippen molar-refractivity contribution in [1.29, 1.82) is 0 Å². The highest BCUT2D eigenvalue weighted by atomic mass is 79.9. The quantitative estimate of drug-likeness (QED) is 0.370. The fourth-order valence-electron chi connectivity index (χ4n) is 3.11. The van der Waals surface area contributed by atoms with E-state index in [-0.39, 0.29) is 18.6 Å². The van der Waals surface area contributed by atoms with Gasteiger partial charge in [-0.1, -0.05) is 21.0 Å². The van der Waals surface area contributed by atoms with Gasteiger partial charge in [-0.25, -0.2) is 4.79 Å². The molecule has 0 amide bonds. The molecule has 0 saturated heterocycles. The van der Waals surface area contributed by atoms with E-state index in [0.29, 0.717) is 17.9 Å². The molecule has 8 nitrogen and oxygen atoms in total. The summed E-state index contributed by atoms with van der Waals surface area (Å²) < 4.78 is 16.7. The Morgan fingerprint density at radius 3 is 3.09 bits per heavy atom. The number of aliphatic hydroxyl groups is 1. The van der Waals surface area contributed by atoms with Crippen LogP contribution in [0.15, 0.2) is 21.7 Å². The number of methoxy groups -OCH3 is 1. The Morgan fingerprint density at radius 1 is 1.61 bits per heavy atom. The van der Waals surface area contributed by atoms with Crippen LogP contribution in [0.4, 0.5) is 0 Å². The number of rotatable bonds is 4. The second-order valence-corrected chi connectivity index (χ2v) is 6.28. The fourth-order valence-corrected chi connectivity index (χ4v) is 3.57. The van der Waals surface area contributed by atoms with Crippen LogP contribution in [0.1, 0.15) is 17.9 Å². The molecule has 4 atom stereocenters. The molecule has 3 rings (SSSR count). The second-order valence-electron chi connectivity index (χ2n) is 5.37. The number of hydrogen-bond acceptors (Lipinski definition) is 6. The summed E-state index contributed by atoms with van der Waals surface area (Å²) in [6.45, 7) is -0.236. The van der Waals surface area contributed by atoms with E-state index in [2.05, 4.69) is 30.7 Å². The number of aliphatic hydroxyl groups excluding tert-OH is 1. The molecule has 1 saturated carbocycles. The minimum Gasteiger partial charge on any atom is -0.485 e. The third kappa shape index (κ3) is 2.83. The summed E-state index contributed by atoms with van der Waals surface area (Å²) in [5.74, 6) is 0.175. The summed E-state index contributed by atoms with van der Waals surface area (Å²) in [5.41, 5.74) is 9.51. The molecule has 1 aromatic carbocycles. The third-order valence-electron chi connectivity index (χ3n) is 4.07. The highest BCUT2D eigenvalue weighted by molar-refractivity contribution is 9.10. The Kier molecular flexibility index (Phi) is 4.34. The summed E-state index contributed by atoms with van der Waals surface area (Å²) >= 11 is 3.39. The first kappa shape index (κ1) is 15.9. The Bertz CT molecular complexity index is 691. The van der Waals surface area contributed by atoms with E-state index in [1.165, 1.54) is 7.11 Å². The number of nitrogens with zero attached hydrogens (tertiary/aromatic N) is 3. The Balaban J connectivity index is 1.95. The topological polar surface area (TPSA) is 114 Å². The predicted molar refractivity (Wildman–Crippen MR) is 82.4 cm³/mol. The molecular weight excluding hydrogens is 370 g/mol. The molecule has 1 fully saturated rings. The molecule has 1 aliphatic carbocycles. The number of benzene rings is 1. The summed E-state index contributed by atoms with van der Waals surface area (Å²) in [7, 11) is 1.28. The van der Waals surface area contributed by atoms with Gasteiger partial charge in [0.15, 0.2) is 18.1 Å². The maximum Gasteiger partial charge on any atom is 0.343 e. The van der Waals surface area contributed by atoms with Gasteiger partial charge in [-0.15, -0.1) is 0 Å². The van der Waals surface area contributed by atoms with Gasteiger partial charge in [-0.3, -0.25) is 0 Å². The normalized spacial score (nSPS) is 27.4. The third-order valence-corrected chi connectivity index (χ3v) is 4.53. The van der Waals surface area contributed by atoms with Crippen molar-refractivity contribution < 1.29 is 24.1 Å². The van der Waals surface area contributed by atoms with Crippen molar-refractivity contribution in [3.05, 3.63) is 32.6 Å². The van der Waals surface area contributed by atoms with Crippen molar-refractivity contribution in [3.63, 3.8) is 0 Å². The molecule has 23 heavy (non-hydrogen) atoms. The van der Waals surface area contributed by atoms with Crippen molar-refractivity contribution in [2.45, 2.75) is 30.6 Å². The molecule has 0 radical (unpaired) electrons. The van der Waals surface area contributed by atoms with Crippen molar-refractivity contribution in [2.75, 3.05) is 13.7 Å². The SMILES string of the molecule is COC(=O)COc1cc(Br)cc2c1OC1CC(O)C(N=[N+]=[N-])C21. The van der Waals surface area contributed by atoms with Crippen LogP contribution in [0.25, 0.3) is 10.4 Å². The van der Waals surface area contributed by atoms with Crippen molar-refractivity contribution >= 4 is 21.9 Å². The summed E-state index contributed by atoms with van der Waals surface area (Å²) in [4.78, 5) is 14.1. The highest BCUT2D eigenvalue weighted by Crippen LogP contribution is 2.52. The monoisotopic (exact) mass is 383 g/mol. The van der Waals surface area contributed by atoms with Gasteiger partial charge in [0.25, 0.3) is 0 Å². The van der Waals surface area contributed by atoms with Gasteiger partial charge >= 0.3 is 5.97 Å². The largest absolute Gasteiger partial charge is 0.485 e. The van der Waals surface area contributed by atoms with Crippen LogP contribution in [-0.4, -0.2) is 43.0 Å². The number of fused-ring (bicyclic) bond motifs is 3. The lowest BCUT2D eigenvalue weighted by molar-refractivity contribution is -0.142. The predicted octanol–water partition coefficient (Wildman–Crippen LogP) is 2.29. The Morgan fingerprint density at radius 2 is 2.39 bits per heavy atom. The van der Waals surface area contributed by atoms with Crippen molar-refractivity contribution in [2.24, 2.45) is 5.11 Å². The van der Waals surface area contributed by atoms with E-state index in [1.54, 1.807) is 6.07 Å². The minimum absolute atomic E-state index is 0.236. The van der Waals surface area contributed by atoms with Crippen LogP contribution in [0, 0.1) is 0 Å². The molecule has 1 N–H and O–H groups in total. The molecule has 4 unspecified atom stereocenters. The number of esters is 1. The molecule has 1 heterocycles. The fraction of sp³-hybridized carbons (Fsp3) is 0.500. The van der Waals surface area contributed by atoms with Gasteiger partial charge in [0, 0.05) is 27.3 Å². The first-order valence-electron chi connectivity index (χ1n) is 6.97. The lowest BCUT2D eigenvalue weighted by Crippen LogP contribution is -2.22. The number of hydrogen-bond donors (Lipinski definition) is 1. The summed E-state index contributed by atoms with van der Waals surface area (Å²) in [6, 6.07) is 2.96. The zero-order chi connectivity index (χ0) is 16.6. The first-order valence-corrected chi connectivity index (χ1v) is 7.76. The van der Waals surface area contributed by atoms with E-state index in [1.807, 2.05) is 6.07 Å². The number of carbonyl (C=O) groups is 1. The van der Waals surface area contributed by atoms with Gasteiger partial charge < -0.3 is 19.3 Å². The average molecular weight is 384 g/mol. The van der Waals surface area contributed by atoms with Gasteiger partial charge in [0.1, 0.15) is 6.10 Å². The van der Waals surface area contributed by atoms with Gasteiger partial charge in [-0.2, -0.15) is 0 Å². The maximum absolute atomic E-state index is 11.3. The molecule has 0 aromatic heterocycles. The smallest absolute Gasteiger partial charge is 0.343 e. The molecule has 2 aliphatic rings. The molecule has 0 spiro atoms. The van der Waals surface area contributed by atoms with E-state index >= 15 is 0 Å². The second kappa shape index (κ2) is 6.27. The summed E-state index contributed by atoms with van der Waals surface area (Å²) in [6.07, 6.45) is -0.658. The molecular formula is C14H14BrN3O5. The molecule has 1 aromatic rings. The lowest BCUT2D eigenvalue weighted by atomic mass is 9.94. The van der Waals surface area contributed by atoms with Crippen molar-refractivity contribution in [3.8, 4) is 11.5 Å². The van der Waals surface area contributed by atoms with Crippen LogP contribution >= 0.6 is 15.9 Å². The number of carbonyl (C=O) groups excluding carboxylic acids is 1. The van der Waals surface area contributed by atoms with E-state index in [0.717, 1.165) is 10.0 Å². The van der Waals surface area contributed by atoms with Crippen LogP contribution in [-0.2, 0) is 9.53 Å². The van der Waals surface area contributed by atoms with Crippen LogP contribution in [0.3, 0.4) is 0 Å². The van der Waals surface area contributed by atoms with E-state index in [9.17, 15) is 9.90 Å². The van der Waals surface area contributed by atoms with Gasteiger partial charge in [-0.05, 0) is 17.7 Å². The van der Waals surface area contributed by atoms with Crippen LogP contribution in [0.5, 0.6) is 11.5 Å². The molecule has 122 valence electrons. The lowest BCUT2D eigenvalue weighted by Gasteiger charge is -2.16. The first-order chi connectivity index (χ1) is 11.0.